The normalized spacial score (nSPS) is 21.3. The fourth-order valence-electron chi connectivity index (χ4n) is 2.00. The van der Waals surface area contributed by atoms with Gasteiger partial charge in [-0.25, -0.2) is 8.42 Å². The third-order valence-electron chi connectivity index (χ3n) is 3.02. The van der Waals surface area contributed by atoms with Crippen LogP contribution in [0.4, 0.5) is 0 Å². The van der Waals surface area contributed by atoms with Crippen molar-refractivity contribution in [3.63, 3.8) is 0 Å². The molecule has 1 saturated heterocycles. The van der Waals surface area contributed by atoms with Crippen LogP contribution in [0.25, 0.3) is 0 Å². The quantitative estimate of drug-likeness (QED) is 0.858. The minimum atomic E-state index is -3.59. The number of methoxy groups -OCH3 is 1. The number of ether oxygens (including phenoxy) is 2. The molecule has 1 atom stereocenters. The molecule has 5 nitrogen and oxygen atoms in total. The van der Waals surface area contributed by atoms with Crippen LogP contribution in [0.3, 0.4) is 0 Å². The Morgan fingerprint density at radius 3 is 2.79 bits per heavy atom. The molecule has 0 bridgehead atoms. The van der Waals surface area contributed by atoms with E-state index in [1.165, 1.54) is 23.5 Å². The molecule has 2 rings (SSSR count). The van der Waals surface area contributed by atoms with Crippen molar-refractivity contribution in [1.82, 2.24) is 4.31 Å². The largest absolute Gasteiger partial charge is 0.495 e. The molecule has 0 spiro atoms. The van der Waals surface area contributed by atoms with Gasteiger partial charge in [-0.15, -0.1) is 0 Å². The summed E-state index contributed by atoms with van der Waals surface area (Å²) in [6.07, 6.45) is 0.229. The van der Waals surface area contributed by atoms with Gasteiger partial charge in [-0.3, -0.25) is 0 Å². The van der Waals surface area contributed by atoms with Crippen molar-refractivity contribution in [2.24, 2.45) is 0 Å². The number of benzene rings is 1. The summed E-state index contributed by atoms with van der Waals surface area (Å²) in [5.41, 5.74) is 0. The lowest BCUT2D eigenvalue weighted by molar-refractivity contribution is -0.0410. The highest BCUT2D eigenvalue weighted by molar-refractivity contribution is 7.89. The van der Waals surface area contributed by atoms with Gasteiger partial charge in [0, 0.05) is 13.2 Å². The van der Waals surface area contributed by atoms with Crippen LogP contribution in [0.15, 0.2) is 23.1 Å². The molecule has 1 aromatic carbocycles. The zero-order chi connectivity index (χ0) is 14.0. The molecule has 1 aliphatic heterocycles. The summed E-state index contributed by atoms with van der Waals surface area (Å²) in [5, 5.41) is 0.272. The molecule has 0 amide bonds. The first-order valence-corrected chi connectivity index (χ1v) is 7.75. The van der Waals surface area contributed by atoms with Gasteiger partial charge < -0.3 is 9.47 Å². The van der Waals surface area contributed by atoms with Gasteiger partial charge in [-0.05, 0) is 31.5 Å². The summed E-state index contributed by atoms with van der Waals surface area (Å²) in [4.78, 5) is 0.149. The average Bonchev–Trinajstić information content (AvgIpc) is 2.39. The molecule has 1 aromatic rings. The Morgan fingerprint density at radius 2 is 2.21 bits per heavy atom. The van der Waals surface area contributed by atoms with E-state index >= 15 is 0 Å². The maximum atomic E-state index is 12.5. The summed E-state index contributed by atoms with van der Waals surface area (Å²) >= 11 is 5.97. The van der Waals surface area contributed by atoms with Gasteiger partial charge in [0.1, 0.15) is 12.0 Å². The molecule has 0 saturated carbocycles. The van der Waals surface area contributed by atoms with E-state index < -0.39 is 16.3 Å². The van der Waals surface area contributed by atoms with Gasteiger partial charge in [0.25, 0.3) is 0 Å². The lowest BCUT2D eigenvalue weighted by Gasteiger charge is -2.32. The van der Waals surface area contributed by atoms with Gasteiger partial charge in [0.15, 0.2) is 0 Å². The molecular formula is C12H16ClNO4S. The van der Waals surface area contributed by atoms with E-state index in [1.807, 2.05) is 0 Å². The number of hydrogen-bond donors (Lipinski definition) is 0. The Bertz CT molecular complexity index is 561. The third-order valence-corrected chi connectivity index (χ3v) is 5.26. The molecule has 0 aromatic heterocycles. The molecule has 1 fully saturated rings. The zero-order valence-corrected chi connectivity index (χ0v) is 12.4. The summed E-state index contributed by atoms with van der Waals surface area (Å²) in [6, 6.07) is 4.43. The van der Waals surface area contributed by atoms with Crippen molar-refractivity contribution < 1.29 is 17.9 Å². The lowest BCUT2D eigenvalue weighted by atomic mass is 10.3. The highest BCUT2D eigenvalue weighted by Crippen LogP contribution is 2.29. The Kier molecular flexibility index (Phi) is 4.35. The minimum absolute atomic E-state index is 0.149. The van der Waals surface area contributed by atoms with Crippen LogP contribution >= 0.6 is 11.6 Å². The molecule has 0 N–H and O–H groups in total. The van der Waals surface area contributed by atoms with E-state index in [-0.39, 0.29) is 9.92 Å². The Balaban J connectivity index is 2.36. The monoisotopic (exact) mass is 305 g/mol. The molecule has 19 heavy (non-hydrogen) atoms. The van der Waals surface area contributed by atoms with E-state index in [1.54, 1.807) is 13.0 Å². The minimum Gasteiger partial charge on any atom is -0.495 e. The number of halogens is 1. The standard InChI is InChI=1S/C12H16ClNO4S/c1-9-14(6-3-7-18-9)19(15,16)10-4-5-12(17-2)11(13)8-10/h4-5,8-9H,3,6-7H2,1-2H3. The second kappa shape index (κ2) is 5.66. The second-order valence-electron chi connectivity index (χ2n) is 4.24. The molecule has 0 radical (unpaired) electrons. The topological polar surface area (TPSA) is 55.8 Å². The summed E-state index contributed by atoms with van der Waals surface area (Å²) < 4.78 is 36.7. The SMILES string of the molecule is COc1ccc(S(=O)(=O)N2CCCOC2C)cc1Cl. The van der Waals surface area contributed by atoms with Crippen molar-refractivity contribution in [2.75, 3.05) is 20.3 Å². The maximum Gasteiger partial charge on any atom is 0.245 e. The average molecular weight is 306 g/mol. The highest BCUT2D eigenvalue weighted by atomic mass is 35.5. The second-order valence-corrected chi connectivity index (χ2v) is 6.53. The molecule has 106 valence electrons. The molecule has 7 heteroatoms. The van der Waals surface area contributed by atoms with Crippen LogP contribution in [-0.2, 0) is 14.8 Å². The first kappa shape index (κ1) is 14.6. The van der Waals surface area contributed by atoms with E-state index in [2.05, 4.69) is 0 Å². The number of nitrogens with zero attached hydrogens (tertiary/aromatic N) is 1. The Labute approximate surface area is 118 Å². The number of sulfonamides is 1. The summed E-state index contributed by atoms with van der Waals surface area (Å²) in [5.74, 6) is 0.448. The van der Waals surface area contributed by atoms with E-state index in [0.29, 0.717) is 25.3 Å². The zero-order valence-electron chi connectivity index (χ0n) is 10.8. The van der Waals surface area contributed by atoms with E-state index in [9.17, 15) is 8.42 Å². The van der Waals surface area contributed by atoms with Crippen LogP contribution in [-0.4, -0.2) is 39.2 Å². The molecular weight excluding hydrogens is 290 g/mol. The van der Waals surface area contributed by atoms with Crippen LogP contribution in [0, 0.1) is 0 Å². The number of hydrogen-bond acceptors (Lipinski definition) is 4. The third kappa shape index (κ3) is 2.86. The first-order chi connectivity index (χ1) is 8.96. The predicted molar refractivity (Wildman–Crippen MR) is 71.9 cm³/mol. The number of rotatable bonds is 3. The lowest BCUT2D eigenvalue weighted by Crippen LogP contribution is -2.44. The van der Waals surface area contributed by atoms with E-state index in [4.69, 9.17) is 21.1 Å². The first-order valence-electron chi connectivity index (χ1n) is 5.94. The fourth-order valence-corrected chi connectivity index (χ4v) is 3.92. The highest BCUT2D eigenvalue weighted by Gasteiger charge is 2.32. The summed E-state index contributed by atoms with van der Waals surface area (Å²) in [7, 11) is -2.11. The van der Waals surface area contributed by atoms with Crippen molar-refractivity contribution in [3.8, 4) is 5.75 Å². The van der Waals surface area contributed by atoms with Crippen LogP contribution < -0.4 is 4.74 Å². The van der Waals surface area contributed by atoms with Crippen molar-refractivity contribution in [2.45, 2.75) is 24.5 Å². The van der Waals surface area contributed by atoms with Crippen LogP contribution in [0.1, 0.15) is 13.3 Å². The molecule has 1 heterocycles. The molecule has 0 aliphatic carbocycles. The van der Waals surface area contributed by atoms with Gasteiger partial charge in [-0.1, -0.05) is 11.6 Å². The van der Waals surface area contributed by atoms with Gasteiger partial charge in [-0.2, -0.15) is 4.31 Å². The smallest absolute Gasteiger partial charge is 0.245 e. The van der Waals surface area contributed by atoms with Gasteiger partial charge in [0.2, 0.25) is 10.0 Å². The van der Waals surface area contributed by atoms with Crippen molar-refractivity contribution in [1.29, 1.82) is 0 Å². The van der Waals surface area contributed by atoms with Crippen molar-refractivity contribution >= 4 is 21.6 Å². The molecule has 1 aliphatic rings. The molecule has 1 unspecified atom stereocenters. The van der Waals surface area contributed by atoms with Crippen LogP contribution in [0.5, 0.6) is 5.75 Å². The fraction of sp³-hybridized carbons (Fsp3) is 0.500. The predicted octanol–water partition coefficient (Wildman–Crippen LogP) is 2.11. The van der Waals surface area contributed by atoms with Gasteiger partial charge in [0.05, 0.1) is 17.0 Å². The van der Waals surface area contributed by atoms with E-state index in [0.717, 1.165) is 0 Å². The van der Waals surface area contributed by atoms with Gasteiger partial charge >= 0.3 is 0 Å². The van der Waals surface area contributed by atoms with Crippen LogP contribution in [0.2, 0.25) is 5.02 Å². The summed E-state index contributed by atoms with van der Waals surface area (Å²) in [6.45, 7) is 2.76. The van der Waals surface area contributed by atoms with Crippen molar-refractivity contribution in [3.05, 3.63) is 23.2 Å². The Morgan fingerprint density at radius 1 is 1.47 bits per heavy atom. The maximum absolute atomic E-state index is 12.5. The Hall–Kier alpha value is -0.820.